The van der Waals surface area contributed by atoms with Gasteiger partial charge in [0.25, 0.3) is 0 Å². The molecule has 7 heteroatoms. The molecule has 0 aliphatic carbocycles. The smallest absolute Gasteiger partial charge is 0.203 e. The molecule has 0 aromatic carbocycles. The molecule has 2 aromatic rings. The zero-order valence-corrected chi connectivity index (χ0v) is 10.2. The maximum absolute atomic E-state index is 5.46. The van der Waals surface area contributed by atoms with Crippen molar-refractivity contribution in [3.63, 3.8) is 0 Å². The van der Waals surface area contributed by atoms with Crippen molar-refractivity contribution in [2.45, 2.75) is 10.1 Å². The lowest BCUT2D eigenvalue weighted by Crippen LogP contribution is -1.79. The Balaban J connectivity index is 1.94. The minimum atomic E-state index is 0.501. The van der Waals surface area contributed by atoms with Crippen LogP contribution in [0.15, 0.2) is 25.8 Å². The number of nitrogens with zero attached hydrogens (tertiary/aromatic N) is 2. The molecule has 0 fully saturated rings. The summed E-state index contributed by atoms with van der Waals surface area (Å²) in [6.07, 6.45) is 1.71. The summed E-state index contributed by atoms with van der Waals surface area (Å²) < 4.78 is 6.72. The second-order valence-electron chi connectivity index (χ2n) is 2.45. The van der Waals surface area contributed by atoms with Crippen molar-refractivity contribution in [1.29, 1.82) is 0 Å². The molecule has 0 radical (unpaired) electrons. The molecule has 14 heavy (non-hydrogen) atoms. The van der Waals surface area contributed by atoms with Crippen molar-refractivity contribution in [2.75, 3.05) is 5.73 Å². The van der Waals surface area contributed by atoms with Crippen LogP contribution in [0.5, 0.6) is 0 Å². The summed E-state index contributed by atoms with van der Waals surface area (Å²) in [4.78, 5) is 0. The highest BCUT2D eigenvalue weighted by Gasteiger charge is 2.04. The topological polar surface area (TPSA) is 64.9 Å². The van der Waals surface area contributed by atoms with Gasteiger partial charge in [-0.1, -0.05) is 23.1 Å². The van der Waals surface area contributed by atoms with E-state index < -0.39 is 0 Å². The van der Waals surface area contributed by atoms with Crippen molar-refractivity contribution >= 4 is 44.2 Å². The number of nitrogen functional groups attached to an aromatic ring is 1. The van der Waals surface area contributed by atoms with E-state index in [0.717, 1.165) is 20.3 Å². The van der Waals surface area contributed by atoms with E-state index >= 15 is 0 Å². The number of furan rings is 1. The summed E-state index contributed by atoms with van der Waals surface area (Å²) in [6, 6.07) is 1.93. The Morgan fingerprint density at radius 2 is 2.43 bits per heavy atom. The van der Waals surface area contributed by atoms with Gasteiger partial charge in [0.2, 0.25) is 5.13 Å². The van der Waals surface area contributed by atoms with Crippen molar-refractivity contribution in [3.8, 4) is 0 Å². The van der Waals surface area contributed by atoms with E-state index in [9.17, 15) is 0 Å². The Labute approximate surface area is 97.0 Å². The van der Waals surface area contributed by atoms with Gasteiger partial charge in [-0.3, -0.25) is 0 Å². The fourth-order valence-electron chi connectivity index (χ4n) is 0.845. The van der Waals surface area contributed by atoms with Crippen LogP contribution in [0.2, 0.25) is 0 Å². The van der Waals surface area contributed by atoms with Gasteiger partial charge in [-0.15, -0.1) is 10.2 Å². The van der Waals surface area contributed by atoms with Crippen molar-refractivity contribution in [2.24, 2.45) is 0 Å². The van der Waals surface area contributed by atoms with Crippen LogP contribution in [0.1, 0.15) is 5.56 Å². The lowest BCUT2D eigenvalue weighted by atomic mass is 10.4. The van der Waals surface area contributed by atoms with E-state index in [1.54, 1.807) is 18.0 Å². The predicted molar refractivity (Wildman–Crippen MR) is 60.3 cm³/mol. The summed E-state index contributed by atoms with van der Waals surface area (Å²) >= 11 is 6.22. The van der Waals surface area contributed by atoms with Crippen LogP contribution < -0.4 is 5.73 Å². The molecule has 0 bridgehead atoms. The number of rotatable bonds is 3. The van der Waals surface area contributed by atoms with Gasteiger partial charge in [0, 0.05) is 11.3 Å². The fraction of sp³-hybridized carbons (Fsp3) is 0.143. The molecule has 0 amide bonds. The minimum absolute atomic E-state index is 0.501. The summed E-state index contributed by atoms with van der Waals surface area (Å²) in [7, 11) is 0. The van der Waals surface area contributed by atoms with E-state index in [4.69, 9.17) is 10.2 Å². The number of nitrogens with two attached hydrogens (primary N) is 1. The van der Waals surface area contributed by atoms with E-state index in [1.807, 2.05) is 6.07 Å². The summed E-state index contributed by atoms with van der Waals surface area (Å²) in [5, 5.41) is 8.13. The first-order valence-corrected chi connectivity index (χ1v) is 6.28. The van der Waals surface area contributed by atoms with Crippen LogP contribution in [0.25, 0.3) is 0 Å². The summed E-state index contributed by atoms with van der Waals surface area (Å²) in [5.41, 5.74) is 6.56. The van der Waals surface area contributed by atoms with Crippen LogP contribution >= 0.6 is 39.0 Å². The third-order valence-corrected chi connectivity index (χ3v) is 3.78. The lowest BCUT2D eigenvalue weighted by Gasteiger charge is -1.90. The number of hydrogen-bond acceptors (Lipinski definition) is 6. The van der Waals surface area contributed by atoms with Crippen LogP contribution in [0.4, 0.5) is 5.13 Å². The van der Waals surface area contributed by atoms with Gasteiger partial charge in [-0.2, -0.15) is 0 Å². The number of thioether (sulfide) groups is 1. The monoisotopic (exact) mass is 291 g/mol. The highest BCUT2D eigenvalue weighted by atomic mass is 79.9. The highest BCUT2D eigenvalue weighted by Crippen LogP contribution is 2.28. The number of halogens is 1. The molecule has 4 nitrogen and oxygen atoms in total. The number of hydrogen-bond donors (Lipinski definition) is 1. The average Bonchev–Trinajstić information content (AvgIpc) is 2.72. The molecule has 0 unspecified atom stereocenters. The Bertz CT molecular complexity index is 388. The van der Waals surface area contributed by atoms with Crippen LogP contribution in [-0.4, -0.2) is 10.2 Å². The molecule has 74 valence electrons. The second kappa shape index (κ2) is 4.33. The molecule has 0 saturated heterocycles. The molecular weight excluding hydrogens is 286 g/mol. The van der Waals surface area contributed by atoms with Gasteiger partial charge >= 0.3 is 0 Å². The van der Waals surface area contributed by atoms with Gasteiger partial charge in [-0.25, -0.2) is 0 Å². The predicted octanol–water partition coefficient (Wildman–Crippen LogP) is 2.77. The first kappa shape index (κ1) is 10.0. The minimum Gasteiger partial charge on any atom is -0.457 e. The Hall–Kier alpha value is -0.530. The van der Waals surface area contributed by atoms with Gasteiger partial charge in [0.15, 0.2) is 9.01 Å². The average molecular weight is 292 g/mol. The molecule has 0 saturated carbocycles. The first-order chi connectivity index (χ1) is 6.74. The second-order valence-corrected chi connectivity index (χ2v) is 5.47. The lowest BCUT2D eigenvalue weighted by molar-refractivity contribution is 0.539. The molecule has 2 N–H and O–H groups in total. The molecule has 2 heterocycles. The number of aromatic nitrogens is 2. The van der Waals surface area contributed by atoms with Crippen LogP contribution in [-0.2, 0) is 5.75 Å². The molecule has 2 aromatic heterocycles. The van der Waals surface area contributed by atoms with E-state index in [0.29, 0.717) is 5.13 Å². The zero-order valence-electron chi connectivity index (χ0n) is 6.94. The normalized spacial score (nSPS) is 10.6. The van der Waals surface area contributed by atoms with Crippen LogP contribution in [0.3, 0.4) is 0 Å². The third-order valence-electron chi connectivity index (χ3n) is 1.41. The fourth-order valence-corrected chi connectivity index (χ4v) is 2.78. The Morgan fingerprint density at radius 1 is 1.57 bits per heavy atom. The summed E-state index contributed by atoms with van der Waals surface area (Å²) in [5.74, 6) is 0.809. The Kier molecular flexibility index (Phi) is 3.09. The van der Waals surface area contributed by atoms with E-state index in [-0.39, 0.29) is 0 Å². The molecule has 2 rings (SSSR count). The summed E-state index contributed by atoms with van der Waals surface area (Å²) in [6.45, 7) is 0. The van der Waals surface area contributed by atoms with Gasteiger partial charge in [-0.05, 0) is 22.0 Å². The highest BCUT2D eigenvalue weighted by molar-refractivity contribution is 9.10. The van der Waals surface area contributed by atoms with Crippen molar-refractivity contribution in [3.05, 3.63) is 22.6 Å². The molecule has 0 spiro atoms. The van der Waals surface area contributed by atoms with Gasteiger partial charge < -0.3 is 10.2 Å². The van der Waals surface area contributed by atoms with E-state index in [1.165, 1.54) is 11.3 Å². The number of anilines is 1. The largest absolute Gasteiger partial charge is 0.457 e. The molecule has 0 atom stereocenters. The maximum Gasteiger partial charge on any atom is 0.203 e. The standard InChI is InChI=1S/C7H6BrN3OS2/c8-5-1-4(2-12-5)3-13-7-11-10-6(9)14-7/h1-2H,3H2,(H2,9,10). The zero-order chi connectivity index (χ0) is 9.97. The van der Waals surface area contributed by atoms with Crippen molar-refractivity contribution < 1.29 is 4.42 Å². The van der Waals surface area contributed by atoms with Gasteiger partial charge in [0.1, 0.15) is 0 Å². The maximum atomic E-state index is 5.46. The van der Waals surface area contributed by atoms with E-state index in [2.05, 4.69) is 26.1 Å². The third kappa shape index (κ3) is 2.49. The SMILES string of the molecule is Nc1nnc(SCc2coc(Br)c2)s1. The molecule has 0 aliphatic rings. The molecular formula is C7H6BrN3OS2. The Morgan fingerprint density at radius 3 is 3.00 bits per heavy atom. The molecule has 0 aliphatic heterocycles. The van der Waals surface area contributed by atoms with Crippen LogP contribution in [0, 0.1) is 0 Å². The quantitative estimate of drug-likeness (QED) is 0.881. The van der Waals surface area contributed by atoms with Gasteiger partial charge in [0.05, 0.1) is 6.26 Å². The first-order valence-electron chi connectivity index (χ1n) is 3.69. The van der Waals surface area contributed by atoms with Crippen molar-refractivity contribution in [1.82, 2.24) is 10.2 Å².